The number of hydrogen-bond acceptors (Lipinski definition) is 4. The van der Waals surface area contributed by atoms with Gasteiger partial charge in [0.2, 0.25) is 5.91 Å². The fourth-order valence-electron chi connectivity index (χ4n) is 4.44. The topological polar surface area (TPSA) is 88.5 Å². The molecule has 0 spiro atoms. The number of carbonyl (C=O) groups excluding carboxylic acids is 1. The molecule has 0 radical (unpaired) electrons. The van der Waals surface area contributed by atoms with Gasteiger partial charge in [-0.1, -0.05) is 6.07 Å². The van der Waals surface area contributed by atoms with E-state index in [4.69, 9.17) is 0 Å². The molecule has 5 aromatic rings. The van der Waals surface area contributed by atoms with E-state index < -0.39 is 54.4 Å². The molecule has 5 rings (SSSR count). The van der Waals surface area contributed by atoms with Gasteiger partial charge in [-0.2, -0.15) is 5.10 Å². The molecule has 0 aliphatic heterocycles. The Balaban J connectivity index is 1.51. The maximum absolute atomic E-state index is 14.0. The van der Waals surface area contributed by atoms with Gasteiger partial charge in [0, 0.05) is 41.2 Å². The SMILES string of the molecule is O=C(Cn1nc(C(F)F)cc1C(F)F)N[C@@H](Cc1cc(F)cc(F)c1)c1ncccc1-c1cnc2[nH]ccc2c1. The quantitative estimate of drug-likeness (QED) is 0.215. The molecule has 0 unspecified atom stereocenters. The molecule has 40 heavy (non-hydrogen) atoms. The summed E-state index contributed by atoms with van der Waals surface area (Å²) in [7, 11) is 0. The molecule has 0 aliphatic carbocycles. The van der Waals surface area contributed by atoms with Gasteiger partial charge >= 0.3 is 0 Å². The van der Waals surface area contributed by atoms with Crippen molar-refractivity contribution in [2.75, 3.05) is 0 Å². The zero-order valence-corrected chi connectivity index (χ0v) is 20.5. The summed E-state index contributed by atoms with van der Waals surface area (Å²) in [6.45, 7) is -0.806. The van der Waals surface area contributed by atoms with Crippen molar-refractivity contribution in [1.82, 2.24) is 30.0 Å². The second-order valence-electron chi connectivity index (χ2n) is 8.93. The van der Waals surface area contributed by atoms with Crippen molar-refractivity contribution < 1.29 is 31.1 Å². The van der Waals surface area contributed by atoms with E-state index in [1.165, 1.54) is 6.20 Å². The Morgan fingerprint density at radius 1 is 0.975 bits per heavy atom. The van der Waals surface area contributed by atoms with Crippen LogP contribution in [-0.2, 0) is 17.8 Å². The second-order valence-corrected chi connectivity index (χ2v) is 8.93. The van der Waals surface area contributed by atoms with Gasteiger partial charge in [0.1, 0.15) is 35.2 Å². The molecular formula is C27H20F6N6O. The largest absolute Gasteiger partial charge is 0.346 e. The van der Waals surface area contributed by atoms with E-state index in [9.17, 15) is 31.1 Å². The summed E-state index contributed by atoms with van der Waals surface area (Å²) in [5.74, 6) is -2.52. The first-order valence-corrected chi connectivity index (χ1v) is 11.9. The first-order chi connectivity index (χ1) is 19.2. The Morgan fingerprint density at radius 2 is 1.75 bits per heavy atom. The minimum Gasteiger partial charge on any atom is -0.346 e. The average molecular weight is 558 g/mol. The summed E-state index contributed by atoms with van der Waals surface area (Å²) >= 11 is 0. The van der Waals surface area contributed by atoms with E-state index in [2.05, 4.69) is 25.4 Å². The van der Waals surface area contributed by atoms with Gasteiger partial charge in [-0.05, 0) is 48.4 Å². The fourth-order valence-corrected chi connectivity index (χ4v) is 4.44. The summed E-state index contributed by atoms with van der Waals surface area (Å²) in [5, 5.41) is 6.90. The normalized spacial score (nSPS) is 12.4. The number of amides is 1. The number of nitrogens with one attached hydrogen (secondary N) is 2. The Kier molecular flexibility index (Phi) is 7.54. The van der Waals surface area contributed by atoms with Crippen molar-refractivity contribution in [3.63, 3.8) is 0 Å². The van der Waals surface area contributed by atoms with Crippen LogP contribution >= 0.6 is 0 Å². The van der Waals surface area contributed by atoms with Gasteiger partial charge in [0.15, 0.2) is 0 Å². The predicted molar refractivity (Wildman–Crippen MR) is 132 cm³/mol. The molecule has 0 aliphatic rings. The maximum Gasteiger partial charge on any atom is 0.282 e. The van der Waals surface area contributed by atoms with Crippen LogP contribution in [0, 0.1) is 11.6 Å². The van der Waals surface area contributed by atoms with Crippen molar-refractivity contribution in [2.24, 2.45) is 0 Å². The summed E-state index contributed by atoms with van der Waals surface area (Å²) in [6.07, 6.45) is -1.63. The highest BCUT2D eigenvalue weighted by molar-refractivity contribution is 5.82. The number of aromatic nitrogens is 5. The standard InChI is InChI=1S/C27H20F6N6O/c28-17-6-14(7-18(29)10-17)8-20(37-23(40)13-39-22(26(32)33)11-21(38-39)25(30)31)24-19(2-1-4-34-24)16-9-15-3-5-35-27(15)36-12-16/h1-7,9-12,20,25-26H,8,13H2,(H,35,36)(H,37,40)/t20-/m0/s1. The first kappa shape index (κ1) is 26.9. The Hall–Kier alpha value is -4.68. The minimum absolute atomic E-state index is 0.132. The van der Waals surface area contributed by atoms with Crippen molar-refractivity contribution in [3.05, 3.63) is 101 Å². The molecule has 1 atom stereocenters. The molecular weight excluding hydrogens is 538 g/mol. The number of nitrogens with zero attached hydrogens (tertiary/aromatic N) is 4. The van der Waals surface area contributed by atoms with E-state index in [1.54, 1.807) is 24.5 Å². The highest BCUT2D eigenvalue weighted by Crippen LogP contribution is 2.31. The van der Waals surface area contributed by atoms with E-state index in [-0.39, 0.29) is 12.0 Å². The first-order valence-electron chi connectivity index (χ1n) is 11.9. The Bertz CT molecular complexity index is 1650. The number of benzene rings is 1. The highest BCUT2D eigenvalue weighted by atomic mass is 19.3. The predicted octanol–water partition coefficient (Wildman–Crippen LogP) is 6.08. The number of aromatic amines is 1. The lowest BCUT2D eigenvalue weighted by molar-refractivity contribution is -0.122. The third kappa shape index (κ3) is 5.82. The summed E-state index contributed by atoms with van der Waals surface area (Å²) in [5.41, 5.74) is 0.576. The molecule has 0 bridgehead atoms. The molecule has 0 saturated heterocycles. The minimum atomic E-state index is -3.16. The highest BCUT2D eigenvalue weighted by Gasteiger charge is 2.25. The summed E-state index contributed by atoms with van der Waals surface area (Å²) < 4.78 is 81.5. The van der Waals surface area contributed by atoms with Crippen molar-refractivity contribution in [1.29, 1.82) is 0 Å². The molecule has 13 heteroatoms. The lowest BCUT2D eigenvalue weighted by Gasteiger charge is -2.22. The molecule has 1 amide bonds. The van der Waals surface area contributed by atoms with Gasteiger partial charge in [0.25, 0.3) is 12.9 Å². The number of fused-ring (bicyclic) bond motifs is 1. The van der Waals surface area contributed by atoms with Crippen LogP contribution in [0.15, 0.2) is 67.1 Å². The number of carbonyl (C=O) groups is 1. The summed E-state index contributed by atoms with van der Waals surface area (Å²) in [6, 6.07) is 9.45. The van der Waals surface area contributed by atoms with Gasteiger partial charge < -0.3 is 10.3 Å². The van der Waals surface area contributed by atoms with E-state index in [0.29, 0.717) is 39.3 Å². The van der Waals surface area contributed by atoms with E-state index in [0.717, 1.165) is 17.5 Å². The van der Waals surface area contributed by atoms with Crippen molar-refractivity contribution >= 4 is 16.9 Å². The van der Waals surface area contributed by atoms with E-state index in [1.807, 2.05) is 12.1 Å². The van der Waals surface area contributed by atoms with Gasteiger partial charge in [0.05, 0.1) is 11.7 Å². The van der Waals surface area contributed by atoms with Crippen LogP contribution in [0.1, 0.15) is 41.5 Å². The molecule has 4 aromatic heterocycles. The van der Waals surface area contributed by atoms with Crippen LogP contribution in [0.3, 0.4) is 0 Å². The number of hydrogen-bond donors (Lipinski definition) is 2. The lowest BCUT2D eigenvalue weighted by Crippen LogP contribution is -2.34. The fraction of sp³-hybridized carbons (Fsp3) is 0.185. The number of halogens is 6. The smallest absolute Gasteiger partial charge is 0.282 e. The van der Waals surface area contributed by atoms with Crippen LogP contribution in [0.4, 0.5) is 26.3 Å². The number of alkyl halides is 4. The average Bonchev–Trinajstić information content (AvgIpc) is 3.54. The molecule has 0 saturated carbocycles. The summed E-state index contributed by atoms with van der Waals surface area (Å²) in [4.78, 5) is 24.8. The zero-order chi connectivity index (χ0) is 28.4. The van der Waals surface area contributed by atoms with Crippen molar-refractivity contribution in [2.45, 2.75) is 31.9 Å². The van der Waals surface area contributed by atoms with Crippen LogP contribution in [0.25, 0.3) is 22.2 Å². The van der Waals surface area contributed by atoms with Crippen LogP contribution in [0.5, 0.6) is 0 Å². The lowest BCUT2D eigenvalue weighted by atomic mass is 9.95. The molecule has 0 fully saturated rings. The maximum atomic E-state index is 14.0. The molecule has 4 heterocycles. The molecule has 1 aromatic carbocycles. The number of H-pyrrole nitrogens is 1. The third-order valence-corrected chi connectivity index (χ3v) is 6.15. The number of pyridine rings is 2. The Labute approximate surface area is 222 Å². The monoisotopic (exact) mass is 558 g/mol. The van der Waals surface area contributed by atoms with Crippen LogP contribution < -0.4 is 5.32 Å². The van der Waals surface area contributed by atoms with Crippen molar-refractivity contribution in [3.8, 4) is 11.1 Å². The van der Waals surface area contributed by atoms with Crippen LogP contribution in [0.2, 0.25) is 0 Å². The molecule has 206 valence electrons. The molecule has 7 nitrogen and oxygen atoms in total. The van der Waals surface area contributed by atoms with Gasteiger partial charge in [-0.25, -0.2) is 31.3 Å². The van der Waals surface area contributed by atoms with Crippen LogP contribution in [-0.4, -0.2) is 30.6 Å². The third-order valence-electron chi connectivity index (χ3n) is 6.15. The second kappa shape index (κ2) is 11.2. The van der Waals surface area contributed by atoms with Gasteiger partial charge in [-0.3, -0.25) is 14.5 Å². The zero-order valence-electron chi connectivity index (χ0n) is 20.5. The molecule has 2 N–H and O–H groups in total. The van der Waals surface area contributed by atoms with Gasteiger partial charge in [-0.15, -0.1) is 0 Å². The number of rotatable bonds is 9. The van der Waals surface area contributed by atoms with E-state index >= 15 is 0 Å². The Morgan fingerprint density at radius 3 is 2.48 bits per heavy atom.